The molecule has 1 aromatic carbocycles. The number of carbonyl (C=O) groups excluding carboxylic acids is 2. The first-order valence-corrected chi connectivity index (χ1v) is 8.46. The van der Waals surface area contributed by atoms with Gasteiger partial charge in [0.2, 0.25) is 5.91 Å². The predicted molar refractivity (Wildman–Crippen MR) is 90.6 cm³/mol. The number of nitriles is 1. The van der Waals surface area contributed by atoms with Crippen molar-refractivity contribution in [1.29, 1.82) is 5.26 Å². The van der Waals surface area contributed by atoms with Gasteiger partial charge in [0.1, 0.15) is 11.3 Å². The zero-order chi connectivity index (χ0) is 16.9. The highest BCUT2D eigenvalue weighted by Gasteiger charge is 2.33. The van der Waals surface area contributed by atoms with Crippen LogP contribution in [-0.2, 0) is 14.3 Å². The molecular formula is C16H16N4O3S. The average molecular weight is 344 g/mol. The summed E-state index contributed by atoms with van der Waals surface area (Å²) in [6, 6.07) is 8.79. The van der Waals surface area contributed by atoms with Crippen LogP contribution < -0.4 is 5.32 Å². The highest BCUT2D eigenvalue weighted by Crippen LogP contribution is 2.28. The van der Waals surface area contributed by atoms with Gasteiger partial charge < -0.3 is 15.0 Å². The summed E-state index contributed by atoms with van der Waals surface area (Å²) < 4.78 is 5.28. The number of amidine groups is 1. The maximum atomic E-state index is 12.2. The molecule has 0 spiro atoms. The minimum Gasteiger partial charge on any atom is -0.378 e. The molecule has 0 unspecified atom stereocenters. The number of hydrogen-bond acceptors (Lipinski definition) is 6. The Bertz CT molecular complexity index is 722. The van der Waals surface area contributed by atoms with Gasteiger partial charge >= 0.3 is 0 Å². The van der Waals surface area contributed by atoms with E-state index >= 15 is 0 Å². The van der Waals surface area contributed by atoms with Crippen molar-refractivity contribution in [3.63, 3.8) is 0 Å². The van der Waals surface area contributed by atoms with Crippen molar-refractivity contribution in [2.24, 2.45) is 4.99 Å². The fraction of sp³-hybridized carbons (Fsp3) is 0.375. The number of thioether (sulfide) groups is 1. The number of benzene rings is 1. The Labute approximate surface area is 143 Å². The summed E-state index contributed by atoms with van der Waals surface area (Å²) >= 11 is 1.32. The second-order valence-electron chi connectivity index (χ2n) is 5.35. The number of nitrogens with zero attached hydrogens (tertiary/aromatic N) is 3. The standard InChI is InChI=1S/C16H16N4O3S/c17-10-11-3-1-2-4-12(11)18-14(21)9-13-15(22)19-16(24-13)20-5-7-23-8-6-20/h1-4,13H,5-9H2,(H,18,21)/t13-/m0/s1. The zero-order valence-electron chi connectivity index (χ0n) is 12.9. The third-order valence-corrected chi connectivity index (χ3v) is 4.92. The maximum Gasteiger partial charge on any atom is 0.262 e. The van der Waals surface area contributed by atoms with Gasteiger partial charge in [0.05, 0.1) is 24.5 Å². The first-order chi connectivity index (χ1) is 11.7. The quantitative estimate of drug-likeness (QED) is 0.886. The van der Waals surface area contributed by atoms with E-state index in [-0.39, 0.29) is 18.2 Å². The van der Waals surface area contributed by atoms with E-state index in [1.165, 1.54) is 11.8 Å². The predicted octanol–water partition coefficient (Wildman–Crippen LogP) is 1.22. The number of carbonyl (C=O) groups is 2. The monoisotopic (exact) mass is 344 g/mol. The van der Waals surface area contributed by atoms with Crippen LogP contribution in [0.2, 0.25) is 0 Å². The third kappa shape index (κ3) is 3.75. The van der Waals surface area contributed by atoms with Crippen LogP contribution >= 0.6 is 11.8 Å². The number of amides is 2. The smallest absolute Gasteiger partial charge is 0.262 e. The summed E-state index contributed by atoms with van der Waals surface area (Å²) in [5, 5.41) is 11.9. The molecule has 1 N–H and O–H groups in total. The van der Waals surface area contributed by atoms with Crippen LogP contribution in [0.1, 0.15) is 12.0 Å². The number of ether oxygens (including phenoxy) is 1. The van der Waals surface area contributed by atoms with E-state index in [0.29, 0.717) is 42.7 Å². The van der Waals surface area contributed by atoms with Crippen LogP contribution in [0.5, 0.6) is 0 Å². The van der Waals surface area contributed by atoms with E-state index in [9.17, 15) is 9.59 Å². The molecule has 0 aliphatic carbocycles. The topological polar surface area (TPSA) is 94.8 Å². The summed E-state index contributed by atoms with van der Waals surface area (Å²) in [7, 11) is 0. The van der Waals surface area contributed by atoms with Crippen LogP contribution in [-0.4, -0.2) is 53.4 Å². The Kier molecular flexibility index (Phi) is 5.13. The van der Waals surface area contributed by atoms with Gasteiger partial charge in [-0.05, 0) is 12.1 Å². The number of nitrogens with one attached hydrogen (secondary N) is 1. The summed E-state index contributed by atoms with van der Waals surface area (Å²) in [5.74, 6) is -0.591. The average Bonchev–Trinajstić information content (AvgIpc) is 2.97. The molecule has 1 aromatic rings. The largest absolute Gasteiger partial charge is 0.378 e. The molecule has 24 heavy (non-hydrogen) atoms. The molecule has 0 radical (unpaired) electrons. The minimum atomic E-state index is -0.517. The second kappa shape index (κ2) is 7.47. The summed E-state index contributed by atoms with van der Waals surface area (Å²) in [6.07, 6.45) is 0.0284. The Balaban J connectivity index is 1.58. The molecule has 0 aromatic heterocycles. The lowest BCUT2D eigenvalue weighted by Crippen LogP contribution is -2.39. The van der Waals surface area contributed by atoms with E-state index in [1.807, 2.05) is 11.0 Å². The van der Waals surface area contributed by atoms with E-state index in [4.69, 9.17) is 10.00 Å². The third-order valence-electron chi connectivity index (χ3n) is 3.70. The Morgan fingerprint density at radius 2 is 2.17 bits per heavy atom. The molecule has 0 bridgehead atoms. The first-order valence-electron chi connectivity index (χ1n) is 7.58. The first kappa shape index (κ1) is 16.5. The van der Waals surface area contributed by atoms with Crippen LogP contribution in [0.15, 0.2) is 29.3 Å². The second-order valence-corrected chi connectivity index (χ2v) is 6.52. The van der Waals surface area contributed by atoms with Gasteiger partial charge in [0.15, 0.2) is 5.17 Å². The maximum absolute atomic E-state index is 12.2. The van der Waals surface area contributed by atoms with Crippen molar-refractivity contribution < 1.29 is 14.3 Å². The van der Waals surface area contributed by atoms with Gasteiger partial charge in [-0.25, -0.2) is 0 Å². The lowest BCUT2D eigenvalue weighted by molar-refractivity contribution is -0.121. The van der Waals surface area contributed by atoms with E-state index in [0.717, 1.165) is 0 Å². The van der Waals surface area contributed by atoms with Crippen molar-refractivity contribution in [3.05, 3.63) is 29.8 Å². The molecular weight excluding hydrogens is 328 g/mol. The van der Waals surface area contributed by atoms with Crippen LogP contribution in [0.3, 0.4) is 0 Å². The van der Waals surface area contributed by atoms with E-state index < -0.39 is 5.25 Å². The van der Waals surface area contributed by atoms with Crippen LogP contribution in [0.4, 0.5) is 5.69 Å². The number of morpholine rings is 1. The van der Waals surface area contributed by atoms with Crippen molar-refractivity contribution in [2.45, 2.75) is 11.7 Å². The molecule has 0 saturated carbocycles. The zero-order valence-corrected chi connectivity index (χ0v) is 13.7. The molecule has 124 valence electrons. The van der Waals surface area contributed by atoms with Crippen molar-refractivity contribution in [3.8, 4) is 6.07 Å². The summed E-state index contributed by atoms with van der Waals surface area (Å²) in [5.41, 5.74) is 0.844. The Morgan fingerprint density at radius 3 is 2.92 bits per heavy atom. The number of hydrogen-bond donors (Lipinski definition) is 1. The Hall–Kier alpha value is -2.37. The lowest BCUT2D eigenvalue weighted by atomic mass is 10.2. The molecule has 3 rings (SSSR count). The fourth-order valence-corrected chi connectivity index (χ4v) is 3.58. The molecule has 1 atom stereocenters. The van der Waals surface area contributed by atoms with Crippen molar-refractivity contribution >= 4 is 34.4 Å². The van der Waals surface area contributed by atoms with Gasteiger partial charge in [-0.2, -0.15) is 10.3 Å². The highest BCUT2D eigenvalue weighted by molar-refractivity contribution is 8.15. The van der Waals surface area contributed by atoms with E-state index in [2.05, 4.69) is 10.3 Å². The summed E-state index contributed by atoms with van der Waals surface area (Å²) in [4.78, 5) is 30.3. The lowest BCUT2D eigenvalue weighted by Gasteiger charge is -2.27. The normalized spacial score (nSPS) is 20.5. The Morgan fingerprint density at radius 1 is 1.42 bits per heavy atom. The molecule has 2 aliphatic heterocycles. The SMILES string of the molecule is N#Cc1ccccc1NC(=O)C[C@@H]1SC(N2CCOCC2)=NC1=O. The molecule has 2 amide bonds. The van der Waals surface area contributed by atoms with E-state index in [1.54, 1.807) is 24.3 Å². The van der Waals surface area contributed by atoms with Crippen LogP contribution in [0, 0.1) is 11.3 Å². The number of rotatable bonds is 3. The highest BCUT2D eigenvalue weighted by atomic mass is 32.2. The van der Waals surface area contributed by atoms with Crippen LogP contribution in [0.25, 0.3) is 0 Å². The molecule has 8 heteroatoms. The molecule has 7 nitrogen and oxygen atoms in total. The minimum absolute atomic E-state index is 0.0284. The number of aliphatic imine (C=N–C) groups is 1. The summed E-state index contributed by atoms with van der Waals surface area (Å²) in [6.45, 7) is 2.63. The molecule has 2 heterocycles. The van der Waals surface area contributed by atoms with Gasteiger partial charge in [0.25, 0.3) is 5.91 Å². The van der Waals surface area contributed by atoms with Crippen molar-refractivity contribution in [2.75, 3.05) is 31.6 Å². The van der Waals surface area contributed by atoms with Gasteiger partial charge in [-0.15, -0.1) is 0 Å². The van der Waals surface area contributed by atoms with Crippen molar-refractivity contribution in [1.82, 2.24) is 4.90 Å². The van der Waals surface area contributed by atoms with Gasteiger partial charge in [-0.3, -0.25) is 9.59 Å². The van der Waals surface area contributed by atoms with Gasteiger partial charge in [0, 0.05) is 19.5 Å². The number of anilines is 1. The fourth-order valence-electron chi connectivity index (χ4n) is 2.46. The molecule has 1 fully saturated rings. The molecule has 2 aliphatic rings. The van der Waals surface area contributed by atoms with Gasteiger partial charge in [-0.1, -0.05) is 23.9 Å². The number of para-hydroxylation sites is 1. The molecule has 1 saturated heterocycles.